The fourth-order valence-electron chi connectivity index (χ4n) is 6.05. The first-order valence-electron chi connectivity index (χ1n) is 13.0. The van der Waals surface area contributed by atoms with Crippen LogP contribution in [0.15, 0.2) is 48.6 Å². The summed E-state index contributed by atoms with van der Waals surface area (Å²) in [5.41, 5.74) is 15.5. The van der Waals surface area contributed by atoms with Crippen LogP contribution in [0.4, 0.5) is 5.69 Å². The molecule has 1 aromatic carbocycles. The molecule has 3 heteroatoms. The normalized spacial score (nSPS) is 26.3. The Morgan fingerprint density at radius 1 is 1.20 bits per heavy atom. The highest BCUT2D eigenvalue weighted by atomic mass is 35.5. The molecule has 1 aliphatic carbocycles. The van der Waals surface area contributed by atoms with E-state index in [1.807, 2.05) is 6.08 Å². The van der Waals surface area contributed by atoms with E-state index in [0.29, 0.717) is 6.42 Å². The van der Waals surface area contributed by atoms with Crippen LogP contribution in [0.2, 0.25) is 0 Å². The van der Waals surface area contributed by atoms with Crippen molar-refractivity contribution in [2.45, 2.75) is 104 Å². The summed E-state index contributed by atoms with van der Waals surface area (Å²) in [6.45, 7) is 26.5. The highest BCUT2D eigenvalue weighted by Gasteiger charge is 2.58. The summed E-state index contributed by atoms with van der Waals surface area (Å²) in [6.07, 6.45) is 11.9. The largest absolute Gasteiger partial charge is 0.398 e. The second-order valence-corrected chi connectivity index (χ2v) is 12.9. The van der Waals surface area contributed by atoms with E-state index in [1.54, 1.807) is 0 Å². The van der Waals surface area contributed by atoms with Gasteiger partial charge in [-0.1, -0.05) is 56.7 Å². The summed E-state index contributed by atoms with van der Waals surface area (Å²) in [6, 6.07) is 2.10. The third-order valence-electron chi connectivity index (χ3n) is 8.29. The molecule has 1 saturated carbocycles. The van der Waals surface area contributed by atoms with Crippen molar-refractivity contribution >= 4 is 34.5 Å². The summed E-state index contributed by atoms with van der Waals surface area (Å²) < 4.78 is 0. The van der Waals surface area contributed by atoms with Crippen molar-refractivity contribution < 1.29 is 0 Å². The molecular weight excluding hydrogens is 469 g/mol. The third-order valence-corrected chi connectivity index (χ3v) is 9.70. The summed E-state index contributed by atoms with van der Waals surface area (Å²) in [5, 5.41) is -0.0515. The van der Waals surface area contributed by atoms with Gasteiger partial charge in [0.1, 0.15) is 0 Å². The van der Waals surface area contributed by atoms with E-state index < -0.39 is 10.3 Å². The molecule has 0 aromatic heterocycles. The Kier molecular flexibility index (Phi) is 9.62. The quantitative estimate of drug-likeness (QED) is 0.197. The zero-order valence-electron chi connectivity index (χ0n) is 23.4. The molecule has 35 heavy (non-hydrogen) atoms. The summed E-state index contributed by atoms with van der Waals surface area (Å²) >= 11 is 14.5. The van der Waals surface area contributed by atoms with Gasteiger partial charge < -0.3 is 5.73 Å². The number of aryl methyl sites for hydroxylation is 1. The molecule has 2 N–H and O–H groups in total. The van der Waals surface area contributed by atoms with Gasteiger partial charge >= 0.3 is 0 Å². The smallest absolute Gasteiger partial charge is 0.0737 e. The van der Waals surface area contributed by atoms with Gasteiger partial charge in [-0.25, -0.2) is 0 Å². The number of alkyl halides is 2. The van der Waals surface area contributed by atoms with Gasteiger partial charge in [0.05, 0.1) is 4.87 Å². The molecule has 0 spiro atoms. The number of hydrogen-bond donors (Lipinski definition) is 1. The third kappa shape index (κ3) is 5.94. The first-order valence-corrected chi connectivity index (χ1v) is 13.8. The predicted octanol–water partition coefficient (Wildman–Crippen LogP) is 10.1. The van der Waals surface area contributed by atoms with E-state index in [1.165, 1.54) is 27.8 Å². The molecule has 0 amide bonds. The molecule has 0 radical (unpaired) electrons. The van der Waals surface area contributed by atoms with Crippen LogP contribution < -0.4 is 5.73 Å². The molecule has 3 atom stereocenters. The van der Waals surface area contributed by atoms with Crippen LogP contribution >= 0.6 is 23.2 Å². The number of nitrogens with two attached hydrogens (primary N) is 1. The minimum atomic E-state index is -0.723. The van der Waals surface area contributed by atoms with E-state index in [4.69, 9.17) is 35.5 Å². The summed E-state index contributed by atoms with van der Waals surface area (Å²) in [7, 11) is 0. The van der Waals surface area contributed by atoms with Gasteiger partial charge in [-0.2, -0.15) is 0 Å². The van der Waals surface area contributed by atoms with Gasteiger partial charge in [-0.3, -0.25) is 0 Å². The van der Waals surface area contributed by atoms with Crippen LogP contribution in [0.3, 0.4) is 0 Å². The summed E-state index contributed by atoms with van der Waals surface area (Å²) in [5.74, 6) is 0. The van der Waals surface area contributed by atoms with Crippen molar-refractivity contribution in [3.8, 4) is 0 Å². The zero-order valence-corrected chi connectivity index (χ0v) is 24.9. The average molecular weight is 517 g/mol. The van der Waals surface area contributed by atoms with Crippen LogP contribution in [0.25, 0.3) is 5.57 Å². The Morgan fingerprint density at radius 2 is 1.83 bits per heavy atom. The van der Waals surface area contributed by atoms with Crippen molar-refractivity contribution in [1.82, 2.24) is 0 Å². The summed E-state index contributed by atoms with van der Waals surface area (Å²) in [4.78, 5) is -0.723. The van der Waals surface area contributed by atoms with Crippen LogP contribution in [-0.4, -0.2) is 10.3 Å². The van der Waals surface area contributed by atoms with Crippen LogP contribution in [0.1, 0.15) is 95.9 Å². The average Bonchev–Trinajstić information content (AvgIpc) is 2.75. The van der Waals surface area contributed by atoms with E-state index >= 15 is 0 Å². The number of rotatable bonds is 9. The highest BCUT2D eigenvalue weighted by molar-refractivity contribution is 6.28. The Balaban J connectivity index is 2.72. The predicted molar refractivity (Wildman–Crippen MR) is 160 cm³/mol. The van der Waals surface area contributed by atoms with Crippen LogP contribution in [0.5, 0.6) is 0 Å². The number of allylic oxidation sites excluding steroid dienone is 6. The maximum Gasteiger partial charge on any atom is 0.0737 e. The molecule has 0 saturated heterocycles. The molecule has 1 aliphatic rings. The van der Waals surface area contributed by atoms with Crippen molar-refractivity contribution in [2.75, 3.05) is 5.73 Å². The minimum absolute atomic E-state index is 0.0515. The molecule has 0 bridgehead atoms. The molecular formula is C32H47Cl2N. The SMILES string of the molecule is C=CC1(Cl)CC(Cl)C(C)(C)CC1(C/C=C(\C)CCC=C(C)C)C(=C)c1c(N)cc(C)c(CC)c1C. The molecule has 1 nitrogen and oxygen atoms in total. The molecule has 0 heterocycles. The van der Waals surface area contributed by atoms with Crippen molar-refractivity contribution in [1.29, 1.82) is 0 Å². The Bertz CT molecular complexity index is 1020. The fourth-order valence-corrected chi connectivity index (χ4v) is 6.86. The van der Waals surface area contributed by atoms with Crippen LogP contribution in [-0.2, 0) is 6.42 Å². The van der Waals surface area contributed by atoms with E-state index in [0.717, 1.165) is 48.9 Å². The molecule has 0 aliphatic heterocycles. The fraction of sp³-hybridized carbons (Fsp3) is 0.562. The van der Waals surface area contributed by atoms with Gasteiger partial charge in [-0.15, -0.1) is 29.8 Å². The second kappa shape index (κ2) is 11.3. The Morgan fingerprint density at radius 3 is 2.37 bits per heavy atom. The van der Waals surface area contributed by atoms with Gasteiger partial charge in [0.2, 0.25) is 0 Å². The van der Waals surface area contributed by atoms with Gasteiger partial charge in [0.15, 0.2) is 0 Å². The lowest BCUT2D eigenvalue weighted by Gasteiger charge is -2.57. The monoisotopic (exact) mass is 515 g/mol. The number of halogens is 2. The number of benzene rings is 1. The molecule has 1 aromatic rings. The standard InChI is InChI=1S/C32H47Cl2N/c1-11-26-23(6)18-27(35)29(24(26)7)25(8)31(17-16-22(5)15-13-14-21(3)4)20-30(9,10)28(33)19-32(31,34)12-2/h12,14,16,18,28H,2,8,11,13,15,17,19-20,35H2,1,3-7,9-10H3/b22-16+. The molecule has 1 fully saturated rings. The molecule has 2 rings (SSSR count). The lowest BCUT2D eigenvalue weighted by atomic mass is 9.52. The first kappa shape index (κ1) is 29.8. The molecule has 194 valence electrons. The van der Waals surface area contributed by atoms with Crippen LogP contribution in [0, 0.1) is 24.7 Å². The Hall–Kier alpha value is -1.44. The topological polar surface area (TPSA) is 26.0 Å². The molecule has 3 unspecified atom stereocenters. The number of nitrogen functional groups attached to an aromatic ring is 1. The lowest BCUT2D eigenvalue weighted by molar-refractivity contribution is 0.113. The lowest BCUT2D eigenvalue weighted by Crippen LogP contribution is -2.54. The van der Waals surface area contributed by atoms with E-state index in [-0.39, 0.29) is 10.8 Å². The van der Waals surface area contributed by atoms with E-state index in [2.05, 4.69) is 80.2 Å². The van der Waals surface area contributed by atoms with Crippen molar-refractivity contribution in [3.05, 3.63) is 70.9 Å². The number of anilines is 1. The maximum absolute atomic E-state index is 7.55. The second-order valence-electron chi connectivity index (χ2n) is 11.7. The zero-order chi connectivity index (χ0) is 26.8. The van der Waals surface area contributed by atoms with E-state index in [9.17, 15) is 0 Å². The number of hydrogen-bond acceptors (Lipinski definition) is 1. The van der Waals surface area contributed by atoms with Gasteiger partial charge in [0.25, 0.3) is 0 Å². The van der Waals surface area contributed by atoms with Crippen molar-refractivity contribution in [2.24, 2.45) is 10.8 Å². The van der Waals surface area contributed by atoms with Gasteiger partial charge in [0, 0.05) is 22.0 Å². The highest BCUT2D eigenvalue weighted by Crippen LogP contribution is 2.64. The van der Waals surface area contributed by atoms with Crippen molar-refractivity contribution in [3.63, 3.8) is 0 Å². The maximum atomic E-state index is 7.55. The minimum Gasteiger partial charge on any atom is -0.398 e. The first-order chi connectivity index (χ1) is 16.2. The Labute approximate surface area is 225 Å². The van der Waals surface area contributed by atoms with Gasteiger partial charge in [-0.05, 0) is 107 Å².